The summed E-state index contributed by atoms with van der Waals surface area (Å²) in [6.45, 7) is 2.32. The van der Waals surface area contributed by atoms with Crippen LogP contribution < -0.4 is 10.6 Å². The van der Waals surface area contributed by atoms with Crippen molar-refractivity contribution < 1.29 is 14.1 Å². The Morgan fingerprint density at radius 2 is 1.87 bits per heavy atom. The molecule has 10 heteroatoms. The number of hydrogen-bond donors (Lipinski definition) is 2. The van der Waals surface area contributed by atoms with Crippen LogP contribution in [0.5, 0.6) is 0 Å². The highest BCUT2D eigenvalue weighted by atomic mass is 32.1. The second-order valence-electron chi connectivity index (χ2n) is 8.96. The van der Waals surface area contributed by atoms with E-state index in [9.17, 15) is 14.9 Å². The Balaban J connectivity index is 1.42. The molecule has 2 atom stereocenters. The average molecular weight is 528 g/mol. The first kappa shape index (κ1) is 25.1. The minimum atomic E-state index is -0.431. The highest BCUT2D eigenvalue weighted by Crippen LogP contribution is 2.41. The van der Waals surface area contributed by atoms with Crippen molar-refractivity contribution in [3.05, 3.63) is 112 Å². The van der Waals surface area contributed by atoms with E-state index >= 15 is 0 Å². The molecule has 0 radical (unpaired) electrons. The van der Waals surface area contributed by atoms with Crippen LogP contribution in [0.1, 0.15) is 35.5 Å². The number of amides is 1. The number of aryl methyl sites for hydroxylation is 1. The van der Waals surface area contributed by atoms with Gasteiger partial charge in [-0.15, -0.1) is 0 Å². The van der Waals surface area contributed by atoms with Crippen LogP contribution in [-0.2, 0) is 4.79 Å². The van der Waals surface area contributed by atoms with Crippen molar-refractivity contribution in [2.45, 2.75) is 25.4 Å². The van der Waals surface area contributed by atoms with Gasteiger partial charge < -0.3 is 20.0 Å². The molecule has 1 amide bonds. The summed E-state index contributed by atoms with van der Waals surface area (Å²) in [6, 6.07) is 22.4. The summed E-state index contributed by atoms with van der Waals surface area (Å²) in [4.78, 5) is 30.3. The van der Waals surface area contributed by atoms with Crippen LogP contribution in [0, 0.1) is 17.0 Å². The lowest BCUT2D eigenvalue weighted by molar-refractivity contribution is -0.384. The van der Waals surface area contributed by atoms with E-state index in [0.29, 0.717) is 28.7 Å². The smallest absolute Gasteiger partial charge is 0.280 e. The van der Waals surface area contributed by atoms with Crippen molar-refractivity contribution in [3.8, 4) is 11.3 Å². The molecule has 4 aromatic rings. The lowest BCUT2D eigenvalue weighted by Crippen LogP contribution is -2.32. The predicted octanol–water partition coefficient (Wildman–Crippen LogP) is 5.56. The molecule has 2 aromatic carbocycles. The molecule has 5 rings (SSSR count). The lowest BCUT2D eigenvalue weighted by atomic mass is 10.0. The molecule has 1 aliphatic rings. The summed E-state index contributed by atoms with van der Waals surface area (Å²) < 4.78 is 6.21. The van der Waals surface area contributed by atoms with Crippen LogP contribution in [0.25, 0.3) is 11.3 Å². The Labute approximate surface area is 224 Å². The van der Waals surface area contributed by atoms with Gasteiger partial charge in [-0.25, -0.2) is 0 Å². The number of thiocarbonyl (C=S) groups is 1. The van der Waals surface area contributed by atoms with Crippen molar-refractivity contribution >= 4 is 34.6 Å². The van der Waals surface area contributed by atoms with Crippen LogP contribution in [0.2, 0.25) is 0 Å². The summed E-state index contributed by atoms with van der Waals surface area (Å²) >= 11 is 5.67. The monoisotopic (exact) mass is 527 g/mol. The van der Waals surface area contributed by atoms with Crippen molar-refractivity contribution in [3.63, 3.8) is 0 Å². The minimum Gasteiger partial charge on any atom is -0.459 e. The number of rotatable bonds is 8. The van der Waals surface area contributed by atoms with E-state index in [0.717, 1.165) is 16.9 Å². The molecule has 0 aliphatic carbocycles. The Kier molecular flexibility index (Phi) is 7.14. The largest absolute Gasteiger partial charge is 0.459 e. The molecule has 2 aromatic heterocycles. The first-order chi connectivity index (χ1) is 18.4. The number of aromatic nitrogens is 1. The molecule has 0 unspecified atom stereocenters. The van der Waals surface area contributed by atoms with Crippen molar-refractivity contribution in [1.82, 2.24) is 15.2 Å². The zero-order chi connectivity index (χ0) is 26.6. The van der Waals surface area contributed by atoms with Crippen LogP contribution >= 0.6 is 12.2 Å². The average Bonchev–Trinajstić information content (AvgIpc) is 3.53. The minimum absolute atomic E-state index is 0.0422. The van der Waals surface area contributed by atoms with E-state index in [1.807, 2.05) is 54.3 Å². The van der Waals surface area contributed by atoms with Gasteiger partial charge in [-0.2, -0.15) is 0 Å². The van der Waals surface area contributed by atoms with Crippen LogP contribution in [-0.4, -0.2) is 32.4 Å². The number of carbonyl (C=O) groups is 1. The van der Waals surface area contributed by atoms with Gasteiger partial charge in [0.1, 0.15) is 17.6 Å². The number of nitro benzene ring substituents is 1. The number of furan rings is 1. The summed E-state index contributed by atoms with van der Waals surface area (Å²) in [5.41, 5.74) is 2.94. The molecule has 0 saturated carbocycles. The molecule has 1 fully saturated rings. The second kappa shape index (κ2) is 10.8. The first-order valence-electron chi connectivity index (χ1n) is 12.1. The van der Waals surface area contributed by atoms with Crippen molar-refractivity contribution in [2.75, 3.05) is 11.9 Å². The van der Waals surface area contributed by atoms with E-state index in [-0.39, 0.29) is 24.1 Å². The van der Waals surface area contributed by atoms with Crippen molar-refractivity contribution in [1.29, 1.82) is 0 Å². The molecule has 192 valence electrons. The van der Waals surface area contributed by atoms with Crippen LogP contribution in [0.4, 0.5) is 11.4 Å². The van der Waals surface area contributed by atoms with Crippen LogP contribution in [0.3, 0.4) is 0 Å². The highest BCUT2D eigenvalue weighted by molar-refractivity contribution is 7.80. The number of pyridine rings is 1. The quantitative estimate of drug-likeness (QED) is 0.174. The standard InChI is InChI=1S/C28H25N5O4S/c1-18-9-11-19(12-10-18)30-25(34)15-17-32-27(26(31-28(32)38)21-7-4-5-16-29-21)24-14-13-23(37-24)20-6-2-3-8-22(20)33(35)36/h2-14,16,26-27H,15,17H2,1H3,(H,30,34)(H,31,38)/t26-,27-/m0/s1. The molecule has 3 heterocycles. The summed E-state index contributed by atoms with van der Waals surface area (Å²) in [7, 11) is 0. The number of anilines is 1. The number of para-hydroxylation sites is 1. The van der Waals surface area contributed by atoms with Gasteiger partial charge in [-0.1, -0.05) is 35.9 Å². The normalized spacial score (nSPS) is 16.8. The number of hydrogen-bond acceptors (Lipinski definition) is 6. The number of carbonyl (C=O) groups excluding carboxylic acids is 1. The number of nitrogens with one attached hydrogen (secondary N) is 2. The Hall–Kier alpha value is -4.57. The van der Waals surface area contributed by atoms with Gasteiger partial charge in [0.25, 0.3) is 5.69 Å². The Morgan fingerprint density at radius 1 is 1.11 bits per heavy atom. The summed E-state index contributed by atoms with van der Waals surface area (Å²) in [5.74, 6) is 0.791. The van der Waals surface area contributed by atoms with E-state index in [2.05, 4.69) is 15.6 Å². The van der Waals surface area contributed by atoms with Gasteiger partial charge in [-0.3, -0.25) is 19.9 Å². The number of nitrogens with zero attached hydrogens (tertiary/aromatic N) is 3. The molecule has 1 saturated heterocycles. The fourth-order valence-corrected chi connectivity index (χ4v) is 4.87. The molecule has 38 heavy (non-hydrogen) atoms. The zero-order valence-corrected chi connectivity index (χ0v) is 21.4. The Morgan fingerprint density at radius 3 is 2.61 bits per heavy atom. The Bertz CT molecular complexity index is 1470. The molecular formula is C28H25N5O4S. The second-order valence-corrected chi connectivity index (χ2v) is 9.35. The van der Waals surface area contributed by atoms with Gasteiger partial charge in [0.05, 0.1) is 22.2 Å². The molecule has 1 aliphatic heterocycles. The molecular weight excluding hydrogens is 502 g/mol. The molecule has 9 nitrogen and oxygen atoms in total. The topological polar surface area (TPSA) is 114 Å². The van der Waals surface area contributed by atoms with E-state index in [1.54, 1.807) is 36.5 Å². The van der Waals surface area contributed by atoms with Gasteiger partial charge >= 0.3 is 0 Å². The fourth-order valence-electron chi connectivity index (χ4n) is 4.54. The third-order valence-electron chi connectivity index (χ3n) is 6.40. The molecule has 0 bridgehead atoms. The SMILES string of the molecule is Cc1ccc(NC(=O)CCN2C(=S)N[C@@H](c3ccccn3)[C@@H]2c2ccc(-c3ccccc3[N+](=O)[O-])o2)cc1. The highest BCUT2D eigenvalue weighted by Gasteiger charge is 2.41. The maximum absolute atomic E-state index is 12.7. The van der Waals surface area contributed by atoms with Gasteiger partial charge in [0.15, 0.2) is 5.11 Å². The zero-order valence-electron chi connectivity index (χ0n) is 20.5. The fraction of sp³-hybridized carbons (Fsp3) is 0.179. The lowest BCUT2D eigenvalue weighted by Gasteiger charge is -2.25. The number of nitro groups is 1. The maximum atomic E-state index is 12.7. The van der Waals surface area contributed by atoms with Gasteiger partial charge in [0.2, 0.25) is 5.91 Å². The number of benzene rings is 2. The third kappa shape index (κ3) is 5.25. The van der Waals surface area contributed by atoms with E-state index < -0.39 is 11.0 Å². The van der Waals surface area contributed by atoms with Gasteiger partial charge in [0, 0.05) is 30.9 Å². The molecule has 2 N–H and O–H groups in total. The third-order valence-corrected chi connectivity index (χ3v) is 6.75. The van der Waals surface area contributed by atoms with Crippen molar-refractivity contribution in [2.24, 2.45) is 0 Å². The predicted molar refractivity (Wildman–Crippen MR) is 147 cm³/mol. The summed E-state index contributed by atoms with van der Waals surface area (Å²) in [6.07, 6.45) is 1.90. The first-order valence-corrected chi connectivity index (χ1v) is 12.5. The maximum Gasteiger partial charge on any atom is 0.280 e. The van der Waals surface area contributed by atoms with Crippen LogP contribution in [0.15, 0.2) is 89.5 Å². The van der Waals surface area contributed by atoms with E-state index in [4.69, 9.17) is 16.6 Å². The molecule has 0 spiro atoms. The van der Waals surface area contributed by atoms with Gasteiger partial charge in [-0.05, 0) is 61.6 Å². The van der Waals surface area contributed by atoms with E-state index in [1.165, 1.54) is 6.07 Å². The summed E-state index contributed by atoms with van der Waals surface area (Å²) in [5, 5.41) is 18.3.